The highest BCUT2D eigenvalue weighted by atomic mass is 35.5. The maximum Gasteiger partial charge on any atom is 0.387 e. The minimum absolute atomic E-state index is 0.0430. The number of nitrogens with one attached hydrogen (secondary N) is 2. The van der Waals surface area contributed by atoms with Crippen LogP contribution in [-0.2, 0) is 16.1 Å². The number of halogens is 3. The highest BCUT2D eigenvalue weighted by Crippen LogP contribution is 2.33. The number of ether oxygens (including phenoxy) is 2. The van der Waals surface area contributed by atoms with Crippen LogP contribution in [0.4, 0.5) is 14.7 Å². The van der Waals surface area contributed by atoms with Crippen molar-refractivity contribution in [3.8, 4) is 17.0 Å². The van der Waals surface area contributed by atoms with E-state index in [0.29, 0.717) is 52.1 Å². The van der Waals surface area contributed by atoms with Crippen molar-refractivity contribution in [3.63, 3.8) is 0 Å². The Hall–Kier alpha value is -3.87. The summed E-state index contributed by atoms with van der Waals surface area (Å²) in [5.41, 5.74) is 2.64. The average molecular weight is 602 g/mol. The Labute approximate surface area is 246 Å². The molecule has 0 unspecified atom stereocenters. The van der Waals surface area contributed by atoms with E-state index >= 15 is 0 Å². The van der Waals surface area contributed by atoms with Crippen LogP contribution in [0.15, 0.2) is 48.7 Å². The lowest BCUT2D eigenvalue weighted by Crippen LogP contribution is -2.49. The van der Waals surface area contributed by atoms with Gasteiger partial charge in [0.05, 0.1) is 29.6 Å². The van der Waals surface area contributed by atoms with E-state index in [-0.39, 0.29) is 18.3 Å². The molecule has 0 aliphatic carbocycles. The lowest BCUT2D eigenvalue weighted by molar-refractivity contribution is -0.127. The fourth-order valence-corrected chi connectivity index (χ4v) is 5.26. The quantitative estimate of drug-likeness (QED) is 0.316. The number of carbonyl (C=O) groups excluding carboxylic acids is 2. The first-order valence-corrected chi connectivity index (χ1v) is 13.9. The second kappa shape index (κ2) is 13.0. The normalized spacial score (nSPS) is 16.7. The molecule has 5 rings (SSSR count). The lowest BCUT2D eigenvalue weighted by Gasteiger charge is -2.27. The van der Waals surface area contributed by atoms with Gasteiger partial charge in [-0.1, -0.05) is 35.9 Å². The minimum atomic E-state index is -2.98. The van der Waals surface area contributed by atoms with Crippen molar-refractivity contribution in [1.29, 1.82) is 0 Å². The van der Waals surface area contributed by atoms with Gasteiger partial charge >= 0.3 is 6.61 Å². The Morgan fingerprint density at radius 2 is 2.02 bits per heavy atom. The zero-order valence-corrected chi connectivity index (χ0v) is 23.5. The fourth-order valence-electron chi connectivity index (χ4n) is 5.06. The van der Waals surface area contributed by atoms with Gasteiger partial charge < -0.3 is 30.1 Å². The molecule has 3 heterocycles. The van der Waals surface area contributed by atoms with Gasteiger partial charge in [-0.3, -0.25) is 9.59 Å². The van der Waals surface area contributed by atoms with Gasteiger partial charge in [0.25, 0.3) is 5.91 Å². The molecule has 2 aliphatic rings. The standard InChI is InChI=1S/C29H30ClF2N5O5/c1-16(17-3-2-4-21(11-17)42-28(31)32)34-26(39)24(15-38)37-14-19-6-5-18(12-22(19)27(37)40)25-23(30)13-33-29(36-25)35-20-7-9-41-10-8-20/h2-6,11-13,16,20,24,28,38H,7-10,14-15H2,1H3,(H,34,39)(H,33,35,36)/t16-,24-/m1/s1. The number of carbonyl (C=O) groups is 2. The highest BCUT2D eigenvalue weighted by molar-refractivity contribution is 6.33. The smallest absolute Gasteiger partial charge is 0.387 e. The number of aliphatic hydroxyl groups is 1. The zero-order chi connectivity index (χ0) is 29.8. The van der Waals surface area contributed by atoms with Crippen LogP contribution in [0.1, 0.15) is 47.3 Å². The average Bonchev–Trinajstić information content (AvgIpc) is 3.30. The summed E-state index contributed by atoms with van der Waals surface area (Å²) >= 11 is 6.44. The number of nitrogens with zero attached hydrogens (tertiary/aromatic N) is 3. The molecule has 0 saturated carbocycles. The molecule has 2 aromatic carbocycles. The molecular formula is C29H30ClF2N5O5. The molecule has 0 spiro atoms. The van der Waals surface area contributed by atoms with E-state index in [1.54, 1.807) is 31.2 Å². The largest absolute Gasteiger partial charge is 0.435 e. The van der Waals surface area contributed by atoms with Gasteiger partial charge in [-0.05, 0) is 49.1 Å². The SMILES string of the molecule is C[C@@H](NC(=O)[C@@H](CO)N1Cc2ccc(-c3nc(NC4CCOCC4)ncc3Cl)cc2C1=O)c1cccc(OC(F)F)c1. The molecular weight excluding hydrogens is 572 g/mol. The van der Waals surface area contributed by atoms with Gasteiger partial charge in [0, 0.05) is 36.9 Å². The summed E-state index contributed by atoms with van der Waals surface area (Å²) < 4.78 is 35.0. The zero-order valence-electron chi connectivity index (χ0n) is 22.7. The summed E-state index contributed by atoms with van der Waals surface area (Å²) in [6.07, 6.45) is 3.18. The molecule has 1 fully saturated rings. The third-order valence-electron chi connectivity index (χ3n) is 7.31. The van der Waals surface area contributed by atoms with Crippen LogP contribution < -0.4 is 15.4 Å². The van der Waals surface area contributed by atoms with Crippen molar-refractivity contribution in [1.82, 2.24) is 20.2 Å². The van der Waals surface area contributed by atoms with Crippen LogP contribution in [-0.4, -0.2) is 70.3 Å². The fraction of sp³-hybridized carbons (Fsp3) is 0.379. The molecule has 3 aromatic rings. The number of fused-ring (bicyclic) bond motifs is 1. The summed E-state index contributed by atoms with van der Waals surface area (Å²) in [4.78, 5) is 36.8. The van der Waals surface area contributed by atoms with Crippen molar-refractivity contribution >= 4 is 29.4 Å². The van der Waals surface area contributed by atoms with Crippen molar-refractivity contribution < 1.29 is 33.0 Å². The number of rotatable bonds is 10. The lowest BCUT2D eigenvalue weighted by atomic mass is 10.0. The number of hydrogen-bond acceptors (Lipinski definition) is 8. The van der Waals surface area contributed by atoms with E-state index in [0.717, 1.165) is 12.8 Å². The van der Waals surface area contributed by atoms with Crippen molar-refractivity contribution in [2.45, 2.75) is 51.0 Å². The first-order valence-electron chi connectivity index (χ1n) is 13.5. The van der Waals surface area contributed by atoms with E-state index in [4.69, 9.17) is 16.3 Å². The first-order chi connectivity index (χ1) is 20.2. The topological polar surface area (TPSA) is 126 Å². The maximum atomic E-state index is 13.5. The Bertz CT molecular complexity index is 1460. The summed E-state index contributed by atoms with van der Waals surface area (Å²) in [7, 11) is 0. The van der Waals surface area contributed by atoms with E-state index < -0.39 is 37.1 Å². The summed E-state index contributed by atoms with van der Waals surface area (Å²) in [6.45, 7) is -0.482. The van der Waals surface area contributed by atoms with Crippen LogP contribution >= 0.6 is 11.6 Å². The molecule has 2 atom stereocenters. The summed E-state index contributed by atoms with van der Waals surface area (Å²) in [6, 6.07) is 9.61. The van der Waals surface area contributed by atoms with Crippen LogP contribution in [0.2, 0.25) is 5.02 Å². The Morgan fingerprint density at radius 3 is 2.76 bits per heavy atom. The predicted molar refractivity (Wildman–Crippen MR) is 150 cm³/mol. The highest BCUT2D eigenvalue weighted by Gasteiger charge is 2.37. The number of benzene rings is 2. The number of aromatic nitrogens is 2. The molecule has 0 radical (unpaired) electrons. The predicted octanol–water partition coefficient (Wildman–Crippen LogP) is 4.18. The van der Waals surface area contributed by atoms with Crippen LogP contribution in [0.3, 0.4) is 0 Å². The second-order valence-corrected chi connectivity index (χ2v) is 10.5. The molecule has 42 heavy (non-hydrogen) atoms. The molecule has 0 bridgehead atoms. The Kier molecular flexibility index (Phi) is 9.15. The molecule has 3 N–H and O–H groups in total. The summed E-state index contributed by atoms with van der Waals surface area (Å²) in [5, 5.41) is 16.5. The van der Waals surface area contributed by atoms with Crippen molar-refractivity contribution in [2.75, 3.05) is 25.1 Å². The van der Waals surface area contributed by atoms with Crippen LogP contribution in [0, 0.1) is 0 Å². The molecule has 1 saturated heterocycles. The van der Waals surface area contributed by atoms with E-state index in [1.807, 2.05) is 0 Å². The molecule has 13 heteroatoms. The van der Waals surface area contributed by atoms with E-state index in [9.17, 15) is 23.5 Å². The van der Waals surface area contributed by atoms with Gasteiger partial charge in [0.1, 0.15) is 11.8 Å². The molecule has 10 nitrogen and oxygen atoms in total. The maximum absolute atomic E-state index is 13.5. The van der Waals surface area contributed by atoms with Crippen LogP contribution in [0.5, 0.6) is 5.75 Å². The number of hydrogen-bond donors (Lipinski definition) is 3. The van der Waals surface area contributed by atoms with Gasteiger partial charge in [0.2, 0.25) is 11.9 Å². The minimum Gasteiger partial charge on any atom is -0.435 e. The van der Waals surface area contributed by atoms with Gasteiger partial charge in [-0.15, -0.1) is 0 Å². The number of alkyl halides is 2. The summed E-state index contributed by atoms with van der Waals surface area (Å²) in [5.74, 6) is -0.633. The Balaban J connectivity index is 1.30. The van der Waals surface area contributed by atoms with E-state index in [1.165, 1.54) is 29.3 Å². The van der Waals surface area contributed by atoms with Gasteiger partial charge in [-0.25, -0.2) is 9.97 Å². The third-order valence-corrected chi connectivity index (χ3v) is 7.58. The van der Waals surface area contributed by atoms with Gasteiger partial charge in [0.15, 0.2) is 0 Å². The van der Waals surface area contributed by atoms with Crippen molar-refractivity contribution in [3.05, 3.63) is 70.4 Å². The second-order valence-electron chi connectivity index (χ2n) is 10.1. The first kappa shape index (κ1) is 29.6. The number of anilines is 1. The van der Waals surface area contributed by atoms with Crippen molar-refractivity contribution in [2.24, 2.45) is 0 Å². The molecule has 222 valence electrons. The van der Waals surface area contributed by atoms with E-state index in [2.05, 4.69) is 25.3 Å². The molecule has 1 aromatic heterocycles. The number of aliphatic hydroxyl groups excluding tert-OH is 1. The number of amides is 2. The van der Waals surface area contributed by atoms with Gasteiger partial charge in [-0.2, -0.15) is 8.78 Å². The third kappa shape index (κ3) is 6.61. The molecule has 2 aliphatic heterocycles. The van der Waals surface area contributed by atoms with Crippen LogP contribution in [0.25, 0.3) is 11.3 Å². The monoisotopic (exact) mass is 601 g/mol. The molecule has 2 amide bonds. The Morgan fingerprint density at radius 1 is 1.24 bits per heavy atom.